The predicted octanol–water partition coefficient (Wildman–Crippen LogP) is 3.33. The van der Waals surface area contributed by atoms with Crippen molar-refractivity contribution >= 4 is 38.8 Å². The first-order valence-electron chi connectivity index (χ1n) is 11.5. The van der Waals surface area contributed by atoms with Crippen LogP contribution in [0.4, 0.5) is 0 Å². The lowest BCUT2D eigenvalue weighted by atomic mass is 9.87. The average molecular weight is 495 g/mol. The van der Waals surface area contributed by atoms with Gasteiger partial charge in [-0.15, -0.1) is 21.5 Å². The second-order valence-electron chi connectivity index (χ2n) is 9.32. The minimum absolute atomic E-state index is 0.0151. The van der Waals surface area contributed by atoms with Crippen molar-refractivity contribution in [1.29, 1.82) is 0 Å². The van der Waals surface area contributed by atoms with Crippen LogP contribution in [0.3, 0.4) is 0 Å². The molecule has 10 heteroatoms. The third-order valence-electron chi connectivity index (χ3n) is 6.97. The molecule has 5 rings (SSSR count). The summed E-state index contributed by atoms with van der Waals surface area (Å²) < 4.78 is 25.8. The number of rotatable bonds is 7. The standard InChI is InChI=1S/C22H30N4O3S3/c1-3-14-4-7-18-15(10-14)11-19(31-18)21-23-24-22(25(21)2)30-12-20(27)26(16-5-6-16)17-8-9-32(28,29)13-17/h11,14,16-17H,3-10,12-13H2,1-2H3. The van der Waals surface area contributed by atoms with Crippen LogP contribution >= 0.6 is 23.1 Å². The minimum Gasteiger partial charge on any atom is -0.335 e. The van der Waals surface area contributed by atoms with Crippen molar-refractivity contribution in [3.8, 4) is 10.7 Å². The number of aryl methyl sites for hydroxylation is 1. The zero-order chi connectivity index (χ0) is 22.5. The molecule has 0 radical (unpaired) electrons. The smallest absolute Gasteiger partial charge is 0.233 e. The third kappa shape index (κ3) is 4.50. The Bertz CT molecular complexity index is 1120. The third-order valence-corrected chi connectivity index (χ3v) is 11.0. The highest BCUT2D eigenvalue weighted by atomic mass is 32.2. The molecule has 0 aromatic carbocycles. The molecule has 2 aromatic rings. The maximum Gasteiger partial charge on any atom is 0.233 e. The van der Waals surface area contributed by atoms with Crippen molar-refractivity contribution in [3.05, 3.63) is 16.5 Å². The quantitative estimate of drug-likeness (QED) is 0.549. The number of nitrogens with zero attached hydrogens (tertiary/aromatic N) is 4. The summed E-state index contributed by atoms with van der Waals surface area (Å²) in [6, 6.07) is 2.32. The fourth-order valence-corrected chi connectivity index (χ4v) is 8.69. The Labute approximate surface area is 197 Å². The van der Waals surface area contributed by atoms with Gasteiger partial charge in [0, 0.05) is 24.0 Å². The number of carbonyl (C=O) groups is 1. The number of thiophene rings is 1. The summed E-state index contributed by atoms with van der Waals surface area (Å²) in [5.74, 6) is 2.21. The SMILES string of the molecule is CCC1CCc2sc(-c3nnc(SCC(=O)N(C4CC4)C4CCS(=O)(=O)C4)n3C)cc2C1. The van der Waals surface area contributed by atoms with Gasteiger partial charge < -0.3 is 9.47 Å². The lowest BCUT2D eigenvalue weighted by Crippen LogP contribution is -2.43. The molecule has 2 unspecified atom stereocenters. The summed E-state index contributed by atoms with van der Waals surface area (Å²) >= 11 is 3.22. The van der Waals surface area contributed by atoms with Gasteiger partial charge in [0.2, 0.25) is 5.91 Å². The molecule has 0 bridgehead atoms. The second kappa shape index (κ2) is 8.76. The van der Waals surface area contributed by atoms with Crippen LogP contribution in [0.25, 0.3) is 10.7 Å². The summed E-state index contributed by atoms with van der Waals surface area (Å²) in [4.78, 5) is 17.5. The van der Waals surface area contributed by atoms with Gasteiger partial charge in [-0.3, -0.25) is 4.79 Å². The van der Waals surface area contributed by atoms with Gasteiger partial charge in [0.1, 0.15) is 0 Å². The van der Waals surface area contributed by atoms with Crippen molar-refractivity contribution in [1.82, 2.24) is 19.7 Å². The van der Waals surface area contributed by atoms with Crippen molar-refractivity contribution in [2.24, 2.45) is 13.0 Å². The van der Waals surface area contributed by atoms with E-state index in [0.717, 1.165) is 47.5 Å². The van der Waals surface area contributed by atoms with Gasteiger partial charge in [-0.05, 0) is 56.1 Å². The van der Waals surface area contributed by atoms with E-state index in [1.54, 1.807) is 0 Å². The number of hydrogen-bond donors (Lipinski definition) is 0. The molecule has 0 N–H and O–H groups in total. The van der Waals surface area contributed by atoms with E-state index >= 15 is 0 Å². The highest BCUT2D eigenvalue weighted by molar-refractivity contribution is 7.99. The Hall–Kier alpha value is -1.39. The van der Waals surface area contributed by atoms with Crippen LogP contribution in [0.1, 0.15) is 49.5 Å². The first-order valence-corrected chi connectivity index (χ1v) is 15.1. The van der Waals surface area contributed by atoms with Gasteiger partial charge >= 0.3 is 0 Å². The lowest BCUT2D eigenvalue weighted by Gasteiger charge is -2.28. The molecule has 1 saturated heterocycles. The molecule has 174 valence electrons. The first kappa shape index (κ1) is 22.4. The van der Waals surface area contributed by atoms with E-state index in [0.29, 0.717) is 6.42 Å². The van der Waals surface area contributed by atoms with Crippen molar-refractivity contribution in [2.45, 2.75) is 69.1 Å². The molecule has 3 aliphatic rings. The van der Waals surface area contributed by atoms with E-state index in [4.69, 9.17) is 0 Å². The Morgan fingerprint density at radius 3 is 2.75 bits per heavy atom. The number of fused-ring (bicyclic) bond motifs is 1. The monoisotopic (exact) mass is 494 g/mol. The zero-order valence-corrected chi connectivity index (χ0v) is 21.1. The number of amides is 1. The molecule has 1 aliphatic heterocycles. The van der Waals surface area contributed by atoms with Crippen LogP contribution in [-0.4, -0.2) is 63.3 Å². The average Bonchev–Trinajstić information content (AvgIpc) is 3.23. The number of sulfone groups is 1. The molecule has 3 heterocycles. The lowest BCUT2D eigenvalue weighted by molar-refractivity contribution is -0.130. The topological polar surface area (TPSA) is 85.2 Å². The maximum atomic E-state index is 13.0. The van der Waals surface area contributed by atoms with E-state index in [2.05, 4.69) is 23.2 Å². The molecular weight excluding hydrogens is 464 g/mol. The van der Waals surface area contributed by atoms with E-state index < -0.39 is 9.84 Å². The van der Waals surface area contributed by atoms with Crippen molar-refractivity contribution in [2.75, 3.05) is 17.3 Å². The summed E-state index contributed by atoms with van der Waals surface area (Å²) in [7, 11) is -1.06. The summed E-state index contributed by atoms with van der Waals surface area (Å²) in [5.41, 5.74) is 1.46. The molecule has 0 spiro atoms. The summed E-state index contributed by atoms with van der Waals surface area (Å²) in [6.45, 7) is 2.27. The minimum atomic E-state index is -3.01. The first-order chi connectivity index (χ1) is 15.3. The summed E-state index contributed by atoms with van der Waals surface area (Å²) in [6.07, 6.45) is 7.32. The van der Waals surface area contributed by atoms with Crippen LogP contribution in [0.5, 0.6) is 0 Å². The highest BCUT2D eigenvalue weighted by Gasteiger charge is 2.42. The summed E-state index contributed by atoms with van der Waals surface area (Å²) in [5, 5.41) is 9.51. The van der Waals surface area contributed by atoms with E-state index in [1.807, 2.05) is 27.9 Å². The van der Waals surface area contributed by atoms with Crippen LogP contribution in [0, 0.1) is 5.92 Å². The van der Waals surface area contributed by atoms with Gasteiger partial charge in [-0.2, -0.15) is 0 Å². The fourth-order valence-electron chi connectivity index (χ4n) is 4.97. The van der Waals surface area contributed by atoms with E-state index in [-0.39, 0.29) is 35.2 Å². The number of aromatic nitrogens is 3. The molecule has 7 nitrogen and oxygen atoms in total. The molecule has 32 heavy (non-hydrogen) atoms. The second-order valence-corrected chi connectivity index (χ2v) is 13.6. The Morgan fingerprint density at radius 2 is 2.06 bits per heavy atom. The van der Waals surface area contributed by atoms with Crippen LogP contribution in [0.15, 0.2) is 11.2 Å². The zero-order valence-electron chi connectivity index (χ0n) is 18.6. The fraction of sp³-hybridized carbons (Fsp3) is 0.682. The Balaban J connectivity index is 1.26. The van der Waals surface area contributed by atoms with Gasteiger partial charge in [0.25, 0.3) is 0 Å². The maximum absolute atomic E-state index is 13.0. The Kier molecular flexibility index (Phi) is 6.13. The molecule has 2 aromatic heterocycles. The molecular formula is C22H30N4O3S3. The van der Waals surface area contributed by atoms with Gasteiger partial charge in [0.15, 0.2) is 20.8 Å². The molecule has 2 aliphatic carbocycles. The number of hydrogen-bond acceptors (Lipinski definition) is 7. The molecule has 1 amide bonds. The van der Waals surface area contributed by atoms with Gasteiger partial charge in [-0.25, -0.2) is 8.42 Å². The van der Waals surface area contributed by atoms with Gasteiger partial charge in [-0.1, -0.05) is 25.1 Å². The number of thioether (sulfide) groups is 1. The van der Waals surface area contributed by atoms with Crippen LogP contribution in [0.2, 0.25) is 0 Å². The molecule has 2 fully saturated rings. The molecule has 1 saturated carbocycles. The van der Waals surface area contributed by atoms with E-state index in [9.17, 15) is 13.2 Å². The normalized spacial score (nSPS) is 24.4. The largest absolute Gasteiger partial charge is 0.335 e. The predicted molar refractivity (Wildman–Crippen MR) is 128 cm³/mol. The van der Waals surface area contributed by atoms with Crippen molar-refractivity contribution in [3.63, 3.8) is 0 Å². The molecule has 2 atom stereocenters. The van der Waals surface area contributed by atoms with E-state index in [1.165, 1.54) is 35.0 Å². The highest BCUT2D eigenvalue weighted by Crippen LogP contribution is 2.38. The number of carbonyl (C=O) groups excluding carboxylic acids is 1. The van der Waals surface area contributed by atoms with Crippen molar-refractivity contribution < 1.29 is 13.2 Å². The van der Waals surface area contributed by atoms with Crippen LogP contribution < -0.4 is 0 Å². The Morgan fingerprint density at radius 1 is 1.25 bits per heavy atom. The van der Waals surface area contributed by atoms with Crippen LogP contribution in [-0.2, 0) is 34.5 Å². The van der Waals surface area contributed by atoms with Gasteiger partial charge in [0.05, 0.1) is 22.1 Å².